The van der Waals surface area contributed by atoms with Crippen LogP contribution in [-0.2, 0) is 16.0 Å². The number of para-hydroxylation sites is 1. The van der Waals surface area contributed by atoms with Crippen molar-refractivity contribution in [2.75, 3.05) is 19.0 Å². The third-order valence-corrected chi connectivity index (χ3v) is 4.12. The lowest BCUT2D eigenvalue weighted by molar-refractivity contribution is -0.126. The van der Waals surface area contributed by atoms with E-state index in [0.29, 0.717) is 24.2 Å². The van der Waals surface area contributed by atoms with E-state index in [1.807, 2.05) is 48.5 Å². The molecule has 0 aliphatic rings. The van der Waals surface area contributed by atoms with Crippen LogP contribution in [-0.4, -0.2) is 30.5 Å². The number of nitrogens with zero attached hydrogens (tertiary/aromatic N) is 1. The molecule has 0 radical (unpaired) electrons. The Kier molecular flexibility index (Phi) is 5.99. The molecule has 0 aliphatic carbocycles. The van der Waals surface area contributed by atoms with Gasteiger partial charge in [0, 0.05) is 18.1 Å². The van der Waals surface area contributed by atoms with Gasteiger partial charge in [0.15, 0.2) is 0 Å². The summed E-state index contributed by atoms with van der Waals surface area (Å²) in [5.74, 6) is 0.117. The molecule has 6 heteroatoms. The number of carbonyl (C=O) groups excluding carboxylic acids is 2. The average molecular weight is 363 g/mol. The number of rotatable bonds is 7. The number of carbonyl (C=O) groups is 2. The van der Waals surface area contributed by atoms with E-state index in [-0.39, 0.29) is 18.2 Å². The molecule has 1 heterocycles. The van der Waals surface area contributed by atoms with Crippen molar-refractivity contribution in [3.63, 3.8) is 0 Å². The topological polar surface area (TPSA) is 80.3 Å². The summed E-state index contributed by atoms with van der Waals surface area (Å²) in [6, 6.07) is 16.9. The molecule has 0 spiro atoms. The van der Waals surface area contributed by atoms with Gasteiger partial charge in [-0.05, 0) is 36.2 Å². The molecule has 0 saturated heterocycles. The zero-order valence-electron chi connectivity index (χ0n) is 15.1. The first-order chi connectivity index (χ1) is 13.2. The van der Waals surface area contributed by atoms with Crippen LogP contribution < -0.4 is 15.4 Å². The van der Waals surface area contributed by atoms with Crippen molar-refractivity contribution in [1.29, 1.82) is 0 Å². The Morgan fingerprint density at radius 1 is 1.00 bits per heavy atom. The summed E-state index contributed by atoms with van der Waals surface area (Å²) in [6.07, 6.45) is 2.13. The normalized spacial score (nSPS) is 10.4. The summed E-state index contributed by atoms with van der Waals surface area (Å²) in [5, 5.41) is 6.46. The van der Waals surface area contributed by atoms with Crippen molar-refractivity contribution in [2.45, 2.75) is 12.8 Å². The zero-order valence-corrected chi connectivity index (χ0v) is 15.1. The van der Waals surface area contributed by atoms with Crippen LogP contribution in [0.3, 0.4) is 0 Å². The molecule has 138 valence electrons. The van der Waals surface area contributed by atoms with Crippen LogP contribution in [0.15, 0.2) is 60.8 Å². The highest BCUT2D eigenvalue weighted by Gasteiger charge is 2.11. The van der Waals surface area contributed by atoms with E-state index in [0.717, 1.165) is 16.7 Å². The third-order valence-electron chi connectivity index (χ3n) is 4.12. The number of nitrogens with one attached hydrogen (secondary N) is 2. The van der Waals surface area contributed by atoms with Crippen molar-refractivity contribution < 1.29 is 14.3 Å². The number of anilines is 1. The van der Waals surface area contributed by atoms with E-state index in [1.165, 1.54) is 0 Å². The Hall–Kier alpha value is -3.41. The fraction of sp³-hybridized carbons (Fsp3) is 0.190. The molecule has 0 aliphatic heterocycles. The molecular weight excluding hydrogens is 342 g/mol. The molecule has 0 unspecified atom stereocenters. The first kappa shape index (κ1) is 18.4. The second kappa shape index (κ2) is 8.80. The van der Waals surface area contributed by atoms with Gasteiger partial charge >= 0.3 is 0 Å². The summed E-state index contributed by atoms with van der Waals surface area (Å²) < 4.78 is 5.11. The number of aromatic nitrogens is 1. The van der Waals surface area contributed by atoms with Gasteiger partial charge in [-0.15, -0.1) is 0 Å². The molecule has 0 fully saturated rings. The monoisotopic (exact) mass is 363 g/mol. The summed E-state index contributed by atoms with van der Waals surface area (Å²) in [7, 11) is 1.62. The molecule has 3 rings (SSSR count). The van der Waals surface area contributed by atoms with Crippen molar-refractivity contribution in [1.82, 2.24) is 10.3 Å². The predicted molar refractivity (Wildman–Crippen MR) is 105 cm³/mol. The molecule has 3 aromatic rings. The minimum atomic E-state index is -0.366. The summed E-state index contributed by atoms with van der Waals surface area (Å²) in [4.78, 5) is 28.4. The van der Waals surface area contributed by atoms with Gasteiger partial charge in [-0.3, -0.25) is 14.6 Å². The van der Waals surface area contributed by atoms with Crippen LogP contribution in [0.5, 0.6) is 5.75 Å². The second-order valence-electron chi connectivity index (χ2n) is 6.05. The lowest BCUT2D eigenvalue weighted by Gasteiger charge is -2.09. The van der Waals surface area contributed by atoms with Crippen molar-refractivity contribution in [2.24, 2.45) is 0 Å². The summed E-state index contributed by atoms with van der Waals surface area (Å²) in [6.45, 7) is 0.467. The van der Waals surface area contributed by atoms with Gasteiger partial charge in [0.05, 0.1) is 18.3 Å². The maximum absolute atomic E-state index is 12.2. The van der Waals surface area contributed by atoms with E-state index < -0.39 is 0 Å². The number of amides is 2. The Morgan fingerprint density at radius 3 is 2.56 bits per heavy atom. The average Bonchev–Trinajstić information content (AvgIpc) is 2.69. The number of fused-ring (bicyclic) bond motifs is 1. The van der Waals surface area contributed by atoms with Crippen LogP contribution in [0.25, 0.3) is 10.9 Å². The molecule has 2 aromatic carbocycles. The maximum atomic E-state index is 12.2. The smallest absolute Gasteiger partial charge is 0.233 e. The van der Waals surface area contributed by atoms with Gasteiger partial charge in [-0.25, -0.2) is 0 Å². The highest BCUT2D eigenvalue weighted by Crippen LogP contribution is 2.20. The second-order valence-corrected chi connectivity index (χ2v) is 6.05. The van der Waals surface area contributed by atoms with Crippen molar-refractivity contribution in [3.05, 3.63) is 66.4 Å². The molecule has 2 amide bonds. The number of ether oxygens (including phenoxy) is 1. The Bertz CT molecular complexity index is 934. The lowest BCUT2D eigenvalue weighted by Crippen LogP contribution is -2.29. The number of pyridine rings is 1. The minimum Gasteiger partial charge on any atom is -0.497 e. The molecule has 2 N–H and O–H groups in total. The lowest BCUT2D eigenvalue weighted by atomic mass is 10.1. The van der Waals surface area contributed by atoms with Crippen molar-refractivity contribution >= 4 is 28.4 Å². The van der Waals surface area contributed by atoms with Gasteiger partial charge in [0.2, 0.25) is 11.8 Å². The van der Waals surface area contributed by atoms with Gasteiger partial charge < -0.3 is 15.4 Å². The Labute approximate surface area is 157 Å². The standard InChI is InChI=1S/C21H21N3O3/c1-27-17-9-7-15(8-10-17)11-13-22-19(25)14-20(26)24-18-6-2-4-16-5-3-12-23-21(16)18/h2-10,12H,11,13-14H2,1H3,(H,22,25)(H,24,26). The molecule has 0 atom stereocenters. The zero-order chi connectivity index (χ0) is 19.1. The molecule has 27 heavy (non-hydrogen) atoms. The highest BCUT2D eigenvalue weighted by atomic mass is 16.5. The quantitative estimate of drug-likeness (QED) is 0.633. The molecule has 0 saturated carbocycles. The van der Waals surface area contributed by atoms with Gasteiger partial charge in [-0.2, -0.15) is 0 Å². The van der Waals surface area contributed by atoms with E-state index >= 15 is 0 Å². The van der Waals surface area contributed by atoms with Gasteiger partial charge in [0.25, 0.3) is 0 Å². The first-order valence-electron chi connectivity index (χ1n) is 8.69. The minimum absolute atomic E-state index is 0.230. The van der Waals surface area contributed by atoms with Crippen molar-refractivity contribution in [3.8, 4) is 5.75 Å². The van der Waals surface area contributed by atoms with Gasteiger partial charge in [0.1, 0.15) is 12.2 Å². The largest absolute Gasteiger partial charge is 0.497 e. The van der Waals surface area contributed by atoms with E-state index in [1.54, 1.807) is 19.4 Å². The van der Waals surface area contributed by atoms with Crippen LogP contribution >= 0.6 is 0 Å². The number of hydrogen-bond donors (Lipinski definition) is 2. The molecular formula is C21H21N3O3. The Balaban J connectivity index is 1.48. The summed E-state index contributed by atoms with van der Waals surface area (Å²) in [5.41, 5.74) is 2.39. The number of benzene rings is 2. The fourth-order valence-corrected chi connectivity index (χ4v) is 2.75. The fourth-order valence-electron chi connectivity index (χ4n) is 2.75. The SMILES string of the molecule is COc1ccc(CCNC(=O)CC(=O)Nc2cccc3cccnc23)cc1. The van der Waals surface area contributed by atoms with Crippen LogP contribution in [0.1, 0.15) is 12.0 Å². The number of methoxy groups -OCH3 is 1. The highest BCUT2D eigenvalue weighted by molar-refractivity contribution is 6.07. The molecule has 0 bridgehead atoms. The van der Waals surface area contributed by atoms with E-state index in [2.05, 4.69) is 15.6 Å². The summed E-state index contributed by atoms with van der Waals surface area (Å²) >= 11 is 0. The maximum Gasteiger partial charge on any atom is 0.233 e. The van der Waals surface area contributed by atoms with Gasteiger partial charge in [-0.1, -0.05) is 30.3 Å². The van der Waals surface area contributed by atoms with Crippen LogP contribution in [0.4, 0.5) is 5.69 Å². The first-order valence-corrected chi connectivity index (χ1v) is 8.69. The third kappa shape index (κ3) is 5.04. The molecule has 6 nitrogen and oxygen atoms in total. The van der Waals surface area contributed by atoms with E-state index in [4.69, 9.17) is 4.74 Å². The predicted octanol–water partition coefficient (Wildman–Crippen LogP) is 2.93. The Morgan fingerprint density at radius 2 is 1.78 bits per heavy atom. The molecule has 1 aromatic heterocycles. The number of hydrogen-bond acceptors (Lipinski definition) is 4. The van der Waals surface area contributed by atoms with Crippen LogP contribution in [0, 0.1) is 0 Å². The van der Waals surface area contributed by atoms with E-state index in [9.17, 15) is 9.59 Å². The van der Waals surface area contributed by atoms with Crippen LogP contribution in [0.2, 0.25) is 0 Å².